The van der Waals surface area contributed by atoms with Crippen LogP contribution < -0.4 is 0 Å². The fourth-order valence-electron chi connectivity index (χ4n) is 1.82. The van der Waals surface area contributed by atoms with E-state index in [-0.39, 0.29) is 5.56 Å². The molecular weight excluding hydrogens is 367 g/mol. The largest absolute Gasteiger partial charge is 0.452 e. The first-order valence-corrected chi connectivity index (χ1v) is 7.41. The summed E-state index contributed by atoms with van der Waals surface area (Å²) in [6.07, 6.45) is -8.40. The molecule has 132 valence electrons. The maximum atomic E-state index is 13.9. The van der Waals surface area contributed by atoms with Crippen LogP contribution in [0.15, 0.2) is 27.6 Å². The van der Waals surface area contributed by atoms with Crippen molar-refractivity contribution < 1.29 is 39.5 Å². The number of nitrogens with zero attached hydrogens (tertiary/aromatic N) is 1. The number of benzene rings is 1. The number of hydrogen-bond acceptors (Lipinski definition) is 3. The minimum atomic E-state index is -4.86. The van der Waals surface area contributed by atoms with Crippen molar-refractivity contribution in [3.63, 3.8) is 0 Å². The van der Waals surface area contributed by atoms with Crippen LogP contribution in [0.1, 0.15) is 11.3 Å². The van der Waals surface area contributed by atoms with Gasteiger partial charge in [0.2, 0.25) is 11.3 Å². The summed E-state index contributed by atoms with van der Waals surface area (Å²) in [5.41, 5.74) is -4.29. The standard InChI is InChI=1S/C13H8F7NO2S/c1-5-2-7(14)6(3-9(5)24(22)12(17)11(15)16)8-4-10(23-21-8)13(18,19)20/h2-4,11-12H,1H3. The molecule has 1 aromatic heterocycles. The fraction of sp³-hybridized carbons (Fsp3) is 0.308. The molecule has 2 aromatic rings. The molecule has 11 heteroatoms. The molecule has 0 aliphatic heterocycles. The van der Waals surface area contributed by atoms with Crippen LogP contribution in [-0.4, -0.2) is 21.3 Å². The van der Waals surface area contributed by atoms with Gasteiger partial charge in [-0.1, -0.05) is 5.16 Å². The van der Waals surface area contributed by atoms with E-state index in [1.54, 1.807) is 0 Å². The molecule has 2 rings (SSSR count). The van der Waals surface area contributed by atoms with Crippen LogP contribution in [0.25, 0.3) is 11.3 Å². The van der Waals surface area contributed by atoms with Crippen molar-refractivity contribution in [3.05, 3.63) is 35.3 Å². The molecule has 0 aliphatic carbocycles. The minimum Gasteiger partial charge on any atom is -0.351 e. The average molecular weight is 375 g/mol. The maximum absolute atomic E-state index is 13.9. The van der Waals surface area contributed by atoms with E-state index in [0.717, 1.165) is 6.07 Å². The van der Waals surface area contributed by atoms with Crippen LogP contribution in [0.4, 0.5) is 30.7 Å². The number of halogens is 7. The van der Waals surface area contributed by atoms with Crippen LogP contribution in [0.5, 0.6) is 0 Å². The lowest BCUT2D eigenvalue weighted by Gasteiger charge is -2.11. The fourth-order valence-corrected chi connectivity index (χ4v) is 2.86. The molecule has 3 nitrogen and oxygen atoms in total. The highest BCUT2D eigenvalue weighted by atomic mass is 32.2. The van der Waals surface area contributed by atoms with Crippen LogP contribution in [0, 0.1) is 12.7 Å². The zero-order valence-corrected chi connectivity index (χ0v) is 12.5. The Balaban J connectivity index is 2.51. The smallest absolute Gasteiger partial charge is 0.351 e. The van der Waals surface area contributed by atoms with Crippen LogP contribution in [0.2, 0.25) is 0 Å². The summed E-state index contributed by atoms with van der Waals surface area (Å²) in [7, 11) is -2.84. The summed E-state index contributed by atoms with van der Waals surface area (Å²) in [5.74, 6) is -2.56. The normalized spacial score (nSPS) is 14.9. The number of aromatic nitrogens is 1. The lowest BCUT2D eigenvalue weighted by Crippen LogP contribution is -2.19. The Bertz CT molecular complexity index is 772. The van der Waals surface area contributed by atoms with Crippen molar-refractivity contribution in [2.75, 3.05) is 0 Å². The van der Waals surface area contributed by atoms with E-state index in [1.165, 1.54) is 6.92 Å². The van der Waals surface area contributed by atoms with Crippen LogP contribution in [-0.2, 0) is 17.0 Å². The molecule has 1 heterocycles. The van der Waals surface area contributed by atoms with Crippen molar-refractivity contribution in [2.24, 2.45) is 0 Å². The molecule has 24 heavy (non-hydrogen) atoms. The van der Waals surface area contributed by atoms with Gasteiger partial charge < -0.3 is 4.52 Å². The average Bonchev–Trinajstić information content (AvgIpc) is 2.95. The van der Waals surface area contributed by atoms with E-state index < -0.39 is 56.6 Å². The third kappa shape index (κ3) is 3.60. The summed E-state index contributed by atoms with van der Waals surface area (Å²) < 4.78 is 105. The molecule has 2 unspecified atom stereocenters. The maximum Gasteiger partial charge on any atom is 0.452 e. The molecule has 0 spiro atoms. The second-order valence-electron chi connectivity index (χ2n) is 4.65. The molecule has 2 atom stereocenters. The monoisotopic (exact) mass is 375 g/mol. The first-order chi connectivity index (χ1) is 11.0. The van der Waals surface area contributed by atoms with Crippen LogP contribution in [0.3, 0.4) is 0 Å². The van der Waals surface area contributed by atoms with Crippen molar-refractivity contribution in [1.82, 2.24) is 5.16 Å². The first-order valence-electron chi connectivity index (χ1n) is 6.19. The van der Waals surface area contributed by atoms with Gasteiger partial charge in [-0.2, -0.15) is 13.2 Å². The lowest BCUT2D eigenvalue weighted by atomic mass is 10.1. The second kappa shape index (κ2) is 6.54. The van der Waals surface area contributed by atoms with Gasteiger partial charge in [-0.05, 0) is 24.6 Å². The molecular formula is C13H8F7NO2S. The SMILES string of the molecule is Cc1cc(F)c(-c2cc(C(F)(F)F)on2)cc1S(=O)C(F)C(F)F. The molecule has 0 radical (unpaired) electrons. The quantitative estimate of drug-likeness (QED) is 0.741. The topological polar surface area (TPSA) is 43.1 Å². The van der Waals surface area contributed by atoms with E-state index in [4.69, 9.17) is 0 Å². The molecule has 1 aromatic carbocycles. The van der Waals surface area contributed by atoms with E-state index in [0.29, 0.717) is 12.1 Å². The highest BCUT2D eigenvalue weighted by molar-refractivity contribution is 7.85. The number of rotatable bonds is 4. The highest BCUT2D eigenvalue weighted by Gasteiger charge is 2.36. The van der Waals surface area contributed by atoms with Gasteiger partial charge in [-0.3, -0.25) is 4.21 Å². The zero-order chi connectivity index (χ0) is 18.2. The summed E-state index contributed by atoms with van der Waals surface area (Å²) in [6.45, 7) is 1.20. The van der Waals surface area contributed by atoms with Crippen LogP contribution >= 0.6 is 0 Å². The Hall–Kier alpha value is -1.91. The summed E-state index contributed by atoms with van der Waals surface area (Å²) in [5, 5.41) is 3.05. The Kier molecular flexibility index (Phi) is 5.02. The number of hydrogen-bond donors (Lipinski definition) is 0. The Morgan fingerprint density at radius 2 is 1.79 bits per heavy atom. The Labute approximate surface area is 132 Å². The Morgan fingerprint density at radius 3 is 2.29 bits per heavy atom. The van der Waals surface area contributed by atoms with Gasteiger partial charge in [0, 0.05) is 16.5 Å². The van der Waals surface area contributed by atoms with E-state index in [1.807, 2.05) is 0 Å². The summed E-state index contributed by atoms with van der Waals surface area (Å²) in [6, 6.07) is 1.84. The number of aryl methyl sites for hydroxylation is 1. The molecule has 0 N–H and O–H groups in total. The molecule has 0 fully saturated rings. The molecule has 0 amide bonds. The van der Waals surface area contributed by atoms with Crippen molar-refractivity contribution in [3.8, 4) is 11.3 Å². The van der Waals surface area contributed by atoms with Gasteiger partial charge >= 0.3 is 6.18 Å². The predicted octanol–water partition coefficient (Wildman–Crippen LogP) is 4.48. The lowest BCUT2D eigenvalue weighted by molar-refractivity contribution is -0.155. The molecule has 0 aliphatic rings. The highest BCUT2D eigenvalue weighted by Crippen LogP contribution is 2.34. The second-order valence-corrected chi connectivity index (χ2v) is 6.14. The van der Waals surface area contributed by atoms with E-state index in [2.05, 4.69) is 9.68 Å². The third-order valence-electron chi connectivity index (χ3n) is 2.95. The summed E-state index contributed by atoms with van der Waals surface area (Å²) >= 11 is 0. The van der Waals surface area contributed by atoms with Gasteiger partial charge in [0.15, 0.2) is 0 Å². The Morgan fingerprint density at radius 1 is 1.17 bits per heavy atom. The molecule has 0 saturated carbocycles. The summed E-state index contributed by atoms with van der Waals surface area (Å²) in [4.78, 5) is -0.476. The van der Waals surface area contributed by atoms with Gasteiger partial charge in [0.25, 0.3) is 6.43 Å². The van der Waals surface area contributed by atoms with Crippen molar-refractivity contribution in [2.45, 2.75) is 29.9 Å². The molecule has 0 bridgehead atoms. The van der Waals surface area contributed by atoms with E-state index in [9.17, 15) is 34.9 Å². The van der Waals surface area contributed by atoms with Crippen molar-refractivity contribution in [1.29, 1.82) is 0 Å². The van der Waals surface area contributed by atoms with Gasteiger partial charge in [-0.15, -0.1) is 0 Å². The van der Waals surface area contributed by atoms with Crippen molar-refractivity contribution >= 4 is 10.8 Å². The number of alkyl halides is 6. The van der Waals surface area contributed by atoms with Gasteiger partial charge in [0.1, 0.15) is 11.5 Å². The molecule has 0 saturated heterocycles. The third-order valence-corrected chi connectivity index (χ3v) is 4.44. The van der Waals surface area contributed by atoms with Gasteiger partial charge in [0.05, 0.1) is 10.8 Å². The van der Waals surface area contributed by atoms with E-state index >= 15 is 0 Å². The van der Waals surface area contributed by atoms with Gasteiger partial charge in [-0.25, -0.2) is 17.6 Å². The first kappa shape index (κ1) is 18.4. The predicted molar refractivity (Wildman–Crippen MR) is 68.9 cm³/mol. The zero-order valence-electron chi connectivity index (χ0n) is 11.7. The minimum absolute atomic E-state index is 0.0996.